The van der Waals surface area contributed by atoms with Crippen molar-refractivity contribution in [1.82, 2.24) is 0 Å². The molecule has 2 aromatic rings. The van der Waals surface area contributed by atoms with Crippen molar-refractivity contribution in [2.75, 3.05) is 39.6 Å². The number of hydrogen-bond acceptors (Lipinski definition) is 23. The number of carbonyl (C=O) groups excluding carboxylic acids is 1. The first-order valence-electron chi connectivity index (χ1n) is 19.5. The predicted octanol–water partition coefficient (Wildman–Crippen LogP) is -4.49. The molecule has 23 nitrogen and oxygen atoms in total. The Morgan fingerprint density at radius 2 is 1.34 bits per heavy atom. The van der Waals surface area contributed by atoms with Crippen LogP contribution in [0, 0.1) is 5.92 Å². The van der Waals surface area contributed by atoms with E-state index in [2.05, 4.69) is 0 Å². The van der Waals surface area contributed by atoms with Crippen LogP contribution >= 0.6 is 0 Å². The lowest BCUT2D eigenvalue weighted by Gasteiger charge is -2.47. The Labute approximate surface area is 352 Å². The lowest BCUT2D eigenvalue weighted by molar-refractivity contribution is -0.330. The number of carbonyl (C=O) groups is 1. The predicted molar refractivity (Wildman–Crippen MR) is 200 cm³/mol. The van der Waals surface area contributed by atoms with Crippen LogP contribution in [0.4, 0.5) is 0 Å². The highest BCUT2D eigenvalue weighted by atomic mass is 16.7. The molecule has 0 spiro atoms. The molecule has 4 aliphatic heterocycles. The van der Waals surface area contributed by atoms with Crippen LogP contribution in [0.3, 0.4) is 0 Å². The summed E-state index contributed by atoms with van der Waals surface area (Å²) in [4.78, 5) is 13.5. The molecule has 23 heteroatoms. The van der Waals surface area contributed by atoms with Gasteiger partial charge in [0, 0.05) is 12.0 Å². The molecule has 16 atom stereocenters. The first-order chi connectivity index (χ1) is 29.4. The average Bonchev–Trinajstić information content (AvgIpc) is 3.70. The number of ether oxygens (including phenoxy) is 8. The molecule has 0 radical (unpaired) electrons. The number of aliphatic hydroxyl groups is 10. The van der Waals surface area contributed by atoms with Crippen molar-refractivity contribution in [1.29, 1.82) is 0 Å². The summed E-state index contributed by atoms with van der Waals surface area (Å²) in [5.41, 5.74) is -3.54. The average molecular weight is 889 g/mol. The van der Waals surface area contributed by atoms with E-state index >= 15 is 0 Å². The van der Waals surface area contributed by atoms with Gasteiger partial charge < -0.3 is 109 Å². The van der Waals surface area contributed by atoms with Gasteiger partial charge in [0.25, 0.3) is 0 Å². The van der Waals surface area contributed by atoms with Gasteiger partial charge in [0.1, 0.15) is 60.0 Å². The molecule has 0 unspecified atom stereocenters. The van der Waals surface area contributed by atoms with Gasteiger partial charge in [-0.3, -0.25) is 0 Å². The Morgan fingerprint density at radius 3 is 1.97 bits per heavy atom. The van der Waals surface area contributed by atoms with Crippen LogP contribution < -0.4 is 0 Å². The summed E-state index contributed by atoms with van der Waals surface area (Å²) < 4.78 is 45.8. The molecule has 4 heterocycles. The van der Waals surface area contributed by atoms with Gasteiger partial charge in [-0.1, -0.05) is 12.1 Å². The fourth-order valence-electron chi connectivity index (χ4n) is 7.44. The summed E-state index contributed by atoms with van der Waals surface area (Å²) in [6.07, 6.45) is -21.1. The number of esters is 1. The van der Waals surface area contributed by atoms with Crippen molar-refractivity contribution in [2.45, 2.75) is 104 Å². The maximum Gasteiger partial charge on any atom is 0.331 e. The van der Waals surface area contributed by atoms with Crippen molar-refractivity contribution in [3.05, 3.63) is 53.6 Å². The molecule has 0 bridgehead atoms. The molecule has 0 amide bonds. The van der Waals surface area contributed by atoms with E-state index in [0.717, 1.165) is 12.1 Å². The van der Waals surface area contributed by atoms with E-state index in [1.165, 1.54) is 36.4 Å². The molecule has 6 rings (SSSR count). The monoisotopic (exact) mass is 888 g/mol. The minimum absolute atomic E-state index is 0.0892. The summed E-state index contributed by atoms with van der Waals surface area (Å²) in [6.45, 7) is -3.84. The number of rotatable bonds is 16. The van der Waals surface area contributed by atoms with Crippen molar-refractivity contribution in [2.24, 2.45) is 5.92 Å². The number of phenolic OH excluding ortho intramolecular Hbond substituents is 4. The first kappa shape index (κ1) is 47.6. The Hall–Kier alpha value is -3.83. The second-order valence-corrected chi connectivity index (χ2v) is 15.6. The Balaban J connectivity index is 1.32. The molecular weight excluding hydrogens is 836 g/mol. The van der Waals surface area contributed by atoms with Gasteiger partial charge in [-0.25, -0.2) is 4.79 Å². The summed E-state index contributed by atoms with van der Waals surface area (Å²) in [7, 11) is 0. The maximum absolute atomic E-state index is 13.5. The minimum Gasteiger partial charge on any atom is -0.504 e. The first-order valence-corrected chi connectivity index (χ1v) is 19.5. The normalized spacial score (nSPS) is 38.7. The van der Waals surface area contributed by atoms with Crippen molar-refractivity contribution in [3.63, 3.8) is 0 Å². The third-order valence-corrected chi connectivity index (χ3v) is 11.2. The third-order valence-electron chi connectivity index (χ3n) is 11.2. The molecule has 0 aromatic heterocycles. The molecule has 0 saturated carbocycles. The topological polar surface area (TPSA) is 374 Å². The van der Waals surface area contributed by atoms with Gasteiger partial charge in [0.05, 0.1) is 45.7 Å². The van der Waals surface area contributed by atoms with Gasteiger partial charge in [0.15, 0.2) is 48.2 Å². The zero-order valence-electron chi connectivity index (χ0n) is 32.8. The molecule has 346 valence electrons. The SMILES string of the molecule is O=C(/C=C/c1ccc(O)c(O)c1)O[C@H]1[C@H](C[C@H]2O[C@@H](O)[C@H](O)[C@@H](O)[C@H]2O[C@@H]2OC[C@](O)(CO)[C@H]2O)[C@@H](O)[C@H](OCCc2ccc(O)c(O)c2)O[C@@H]1CO[C@@H]1OC[C@](O)(CO)[C@H]1O. The van der Waals surface area contributed by atoms with E-state index in [0.29, 0.717) is 5.56 Å². The second kappa shape index (κ2) is 19.9. The van der Waals surface area contributed by atoms with Crippen molar-refractivity contribution < 1.29 is 114 Å². The summed E-state index contributed by atoms with van der Waals surface area (Å²) >= 11 is 0. The van der Waals surface area contributed by atoms with Crippen molar-refractivity contribution in [3.8, 4) is 23.0 Å². The van der Waals surface area contributed by atoms with E-state index in [1.807, 2.05) is 0 Å². The van der Waals surface area contributed by atoms with Gasteiger partial charge >= 0.3 is 5.97 Å². The van der Waals surface area contributed by atoms with Crippen molar-refractivity contribution >= 4 is 12.0 Å². The van der Waals surface area contributed by atoms with Crippen LogP contribution in [0.1, 0.15) is 17.5 Å². The molecular formula is C39H52O23. The van der Waals surface area contributed by atoms with Gasteiger partial charge in [-0.2, -0.15) is 0 Å². The smallest absolute Gasteiger partial charge is 0.331 e. The molecule has 4 saturated heterocycles. The Kier molecular flexibility index (Phi) is 15.3. The highest BCUT2D eigenvalue weighted by Crippen LogP contribution is 2.39. The van der Waals surface area contributed by atoms with Gasteiger partial charge in [-0.15, -0.1) is 0 Å². The van der Waals surface area contributed by atoms with E-state index in [4.69, 9.17) is 37.9 Å². The van der Waals surface area contributed by atoms with Crippen LogP contribution in [-0.4, -0.2) is 208 Å². The molecule has 4 aliphatic rings. The minimum atomic E-state index is -2.18. The highest BCUT2D eigenvalue weighted by molar-refractivity contribution is 5.87. The number of benzene rings is 2. The van der Waals surface area contributed by atoms with Crippen LogP contribution in [0.25, 0.3) is 6.08 Å². The second-order valence-electron chi connectivity index (χ2n) is 15.6. The lowest BCUT2D eigenvalue weighted by atomic mass is 9.81. The van der Waals surface area contributed by atoms with E-state index in [-0.39, 0.29) is 24.3 Å². The Morgan fingerprint density at radius 1 is 0.710 bits per heavy atom. The zero-order chi connectivity index (χ0) is 45.1. The van der Waals surface area contributed by atoms with Crippen LogP contribution in [0.2, 0.25) is 0 Å². The van der Waals surface area contributed by atoms with Crippen LogP contribution in [-0.2, 0) is 49.1 Å². The number of aliphatic hydroxyl groups excluding tert-OH is 8. The van der Waals surface area contributed by atoms with E-state index in [1.54, 1.807) is 0 Å². The van der Waals surface area contributed by atoms with E-state index < -0.39 is 160 Å². The van der Waals surface area contributed by atoms with E-state index in [9.17, 15) is 76.3 Å². The standard InChI is InChI=1S/C39H52O23/c40-13-38(53)15-57-36(32(38)50)56-12-25-30(61-26(46)6-3-17-1-4-20(42)22(44)9-17)19(27(47)35(60-25)55-8-7-18-2-5-21(43)23(45)10-18)11-24-31(28(48)29(49)34(52)59-24)62-37-33(51)39(54,14-41)16-58-37/h1-6,9-10,19,24-25,27-37,40-45,47-54H,7-8,11-16H2/b6-3+/t19-,24-,25-,27-,28-,29-,30+,31+,32+,33+,34-,35-,36-,37+,38-,39-/m1/s1. The zero-order valence-corrected chi connectivity index (χ0v) is 32.8. The van der Waals surface area contributed by atoms with Crippen LogP contribution in [0.5, 0.6) is 23.0 Å². The molecule has 4 fully saturated rings. The largest absolute Gasteiger partial charge is 0.504 e. The van der Waals surface area contributed by atoms with Crippen LogP contribution in [0.15, 0.2) is 42.5 Å². The maximum atomic E-state index is 13.5. The third kappa shape index (κ3) is 10.4. The summed E-state index contributed by atoms with van der Waals surface area (Å²) in [5, 5.41) is 145. The Bertz CT molecular complexity index is 1850. The molecule has 62 heavy (non-hydrogen) atoms. The number of aromatic hydroxyl groups is 4. The molecule has 2 aromatic carbocycles. The summed E-state index contributed by atoms with van der Waals surface area (Å²) in [6, 6.07) is 7.70. The molecule has 0 aliphatic carbocycles. The fourth-order valence-corrected chi connectivity index (χ4v) is 7.44. The number of phenols is 4. The quantitative estimate of drug-likeness (QED) is 0.0429. The summed E-state index contributed by atoms with van der Waals surface area (Å²) in [5.74, 6) is -4.20. The van der Waals surface area contributed by atoms with Gasteiger partial charge in [-0.05, 0) is 54.3 Å². The lowest BCUT2D eigenvalue weighted by Crippen LogP contribution is -2.63. The highest BCUT2D eigenvalue weighted by Gasteiger charge is 2.56. The fraction of sp³-hybridized carbons (Fsp3) is 0.615. The molecule has 14 N–H and O–H groups in total. The van der Waals surface area contributed by atoms with Gasteiger partial charge in [0.2, 0.25) is 0 Å². The number of hydrogen-bond donors (Lipinski definition) is 14.